The van der Waals surface area contributed by atoms with E-state index in [0.29, 0.717) is 0 Å². The minimum Gasteiger partial charge on any atom is -0.449 e. The van der Waals surface area contributed by atoms with Gasteiger partial charge in [0.05, 0.1) is 0 Å². The number of hydrogen-bond acceptors (Lipinski definition) is 4. The van der Waals surface area contributed by atoms with Gasteiger partial charge in [-0.15, -0.1) is 0 Å². The molecule has 156 valence electrons. The van der Waals surface area contributed by atoms with Crippen molar-refractivity contribution in [1.29, 1.82) is 0 Å². The van der Waals surface area contributed by atoms with Gasteiger partial charge in [-0.2, -0.15) is 0 Å². The molecular formula is C24H16F3NO3. The molecule has 3 aromatic carbocycles. The fraction of sp³-hybridized carbons (Fsp3) is 0.0417. The number of ether oxygens (including phenoxy) is 3. The van der Waals surface area contributed by atoms with Gasteiger partial charge in [0.1, 0.15) is 40.4 Å². The van der Waals surface area contributed by atoms with Crippen molar-refractivity contribution in [3.63, 3.8) is 0 Å². The summed E-state index contributed by atoms with van der Waals surface area (Å²) < 4.78 is 57.8. The standard InChI is InChI=1S/C24H16F3NO3/c25-16-5-1-8-19(13-16)29-23-12-4-11-22(28-23)24(30-20-9-2-6-17(26)14-20)31-21-10-3-7-18(27)15-21/h1-15,24H. The second kappa shape index (κ2) is 9.21. The fourth-order valence-corrected chi connectivity index (χ4v) is 2.74. The lowest BCUT2D eigenvalue weighted by Gasteiger charge is -2.20. The molecule has 0 fully saturated rings. The van der Waals surface area contributed by atoms with Crippen molar-refractivity contribution >= 4 is 0 Å². The molecule has 0 saturated heterocycles. The molecule has 0 aliphatic carbocycles. The second-order valence-corrected chi connectivity index (χ2v) is 6.44. The van der Waals surface area contributed by atoms with Crippen molar-refractivity contribution in [2.45, 2.75) is 6.29 Å². The summed E-state index contributed by atoms with van der Waals surface area (Å²) in [5, 5.41) is 0. The van der Waals surface area contributed by atoms with E-state index in [0.717, 1.165) is 0 Å². The Balaban J connectivity index is 1.63. The van der Waals surface area contributed by atoms with Crippen LogP contribution in [0.3, 0.4) is 0 Å². The summed E-state index contributed by atoms with van der Waals surface area (Å²) >= 11 is 0. The number of nitrogens with zero attached hydrogens (tertiary/aromatic N) is 1. The molecule has 0 unspecified atom stereocenters. The summed E-state index contributed by atoms with van der Waals surface area (Å²) in [5.74, 6) is -0.608. The van der Waals surface area contributed by atoms with Crippen LogP contribution in [0.1, 0.15) is 12.0 Å². The minimum atomic E-state index is -1.14. The molecule has 4 aromatic rings. The Morgan fingerprint density at radius 1 is 0.581 bits per heavy atom. The summed E-state index contributed by atoms with van der Waals surface area (Å²) in [4.78, 5) is 4.35. The van der Waals surface area contributed by atoms with Crippen molar-refractivity contribution in [2.75, 3.05) is 0 Å². The summed E-state index contributed by atoms with van der Waals surface area (Å²) in [5.41, 5.74) is 0.280. The third kappa shape index (κ3) is 5.54. The quantitative estimate of drug-likeness (QED) is 0.321. The maximum absolute atomic E-state index is 13.6. The number of halogens is 3. The third-order valence-corrected chi connectivity index (χ3v) is 4.08. The number of benzene rings is 3. The Kier molecular flexibility index (Phi) is 6.03. The number of hydrogen-bond donors (Lipinski definition) is 0. The summed E-state index contributed by atoms with van der Waals surface area (Å²) in [6.45, 7) is 0. The molecule has 0 N–H and O–H groups in total. The van der Waals surface area contributed by atoms with Gasteiger partial charge >= 0.3 is 0 Å². The largest absolute Gasteiger partial charge is 0.449 e. The van der Waals surface area contributed by atoms with Crippen LogP contribution in [0.15, 0.2) is 91.0 Å². The van der Waals surface area contributed by atoms with Gasteiger partial charge in [-0.05, 0) is 42.5 Å². The smallest absolute Gasteiger partial charge is 0.284 e. The van der Waals surface area contributed by atoms with Crippen molar-refractivity contribution in [3.05, 3.63) is 114 Å². The topological polar surface area (TPSA) is 40.6 Å². The molecule has 0 amide bonds. The van der Waals surface area contributed by atoms with Gasteiger partial charge in [0.25, 0.3) is 6.29 Å². The highest BCUT2D eigenvalue weighted by atomic mass is 19.1. The van der Waals surface area contributed by atoms with Crippen LogP contribution < -0.4 is 14.2 Å². The van der Waals surface area contributed by atoms with Crippen LogP contribution in [0.4, 0.5) is 13.2 Å². The Morgan fingerprint density at radius 2 is 1.06 bits per heavy atom. The predicted molar refractivity (Wildman–Crippen MR) is 108 cm³/mol. The maximum atomic E-state index is 13.6. The van der Waals surface area contributed by atoms with E-state index in [2.05, 4.69) is 4.98 Å². The first-order valence-electron chi connectivity index (χ1n) is 9.30. The average Bonchev–Trinajstić information content (AvgIpc) is 2.74. The Hall–Kier alpha value is -4.00. The van der Waals surface area contributed by atoms with Gasteiger partial charge in [-0.3, -0.25) is 0 Å². The van der Waals surface area contributed by atoms with Crippen LogP contribution in [0, 0.1) is 17.5 Å². The van der Waals surface area contributed by atoms with Gasteiger partial charge in [0.2, 0.25) is 5.88 Å². The maximum Gasteiger partial charge on any atom is 0.284 e. The zero-order valence-corrected chi connectivity index (χ0v) is 16.0. The van der Waals surface area contributed by atoms with E-state index in [9.17, 15) is 13.2 Å². The summed E-state index contributed by atoms with van der Waals surface area (Å²) in [6.07, 6.45) is -1.14. The average molecular weight is 423 g/mol. The van der Waals surface area contributed by atoms with Gasteiger partial charge < -0.3 is 14.2 Å². The fourth-order valence-electron chi connectivity index (χ4n) is 2.74. The van der Waals surface area contributed by atoms with Crippen molar-refractivity contribution in [3.8, 4) is 23.1 Å². The zero-order chi connectivity index (χ0) is 21.6. The molecule has 4 rings (SSSR count). The minimum absolute atomic E-state index is 0.166. The Bertz CT molecular complexity index is 1140. The monoisotopic (exact) mass is 423 g/mol. The van der Waals surface area contributed by atoms with Crippen LogP contribution in [0.2, 0.25) is 0 Å². The van der Waals surface area contributed by atoms with E-state index < -0.39 is 23.7 Å². The molecule has 0 spiro atoms. The molecule has 7 heteroatoms. The van der Waals surface area contributed by atoms with Crippen molar-refractivity contribution < 1.29 is 27.4 Å². The number of aromatic nitrogens is 1. The Labute approximate surface area is 176 Å². The molecule has 0 radical (unpaired) electrons. The molecule has 1 heterocycles. The summed E-state index contributed by atoms with van der Waals surface area (Å²) in [6, 6.07) is 21.5. The van der Waals surface area contributed by atoms with E-state index >= 15 is 0 Å². The molecular weight excluding hydrogens is 407 g/mol. The number of pyridine rings is 1. The molecule has 0 aliphatic heterocycles. The molecule has 0 atom stereocenters. The van der Waals surface area contributed by atoms with Gasteiger partial charge in [-0.25, -0.2) is 18.2 Å². The van der Waals surface area contributed by atoms with E-state index in [1.54, 1.807) is 36.4 Å². The first-order valence-corrected chi connectivity index (χ1v) is 9.30. The first-order chi connectivity index (χ1) is 15.0. The van der Waals surface area contributed by atoms with E-state index in [-0.39, 0.29) is 28.8 Å². The third-order valence-electron chi connectivity index (χ3n) is 4.08. The van der Waals surface area contributed by atoms with Gasteiger partial charge in [-0.1, -0.05) is 24.3 Å². The van der Waals surface area contributed by atoms with Gasteiger partial charge in [0, 0.05) is 24.3 Å². The first kappa shape index (κ1) is 20.3. The molecule has 4 nitrogen and oxygen atoms in total. The molecule has 0 saturated carbocycles. The van der Waals surface area contributed by atoms with Crippen LogP contribution in [0.5, 0.6) is 23.1 Å². The lowest BCUT2D eigenvalue weighted by molar-refractivity contribution is -0.000375. The van der Waals surface area contributed by atoms with E-state index in [1.807, 2.05) is 0 Å². The highest BCUT2D eigenvalue weighted by Crippen LogP contribution is 2.28. The van der Waals surface area contributed by atoms with Crippen molar-refractivity contribution in [2.24, 2.45) is 0 Å². The number of rotatable bonds is 7. The lowest BCUT2D eigenvalue weighted by atomic mass is 10.3. The highest BCUT2D eigenvalue weighted by Gasteiger charge is 2.19. The van der Waals surface area contributed by atoms with Crippen LogP contribution >= 0.6 is 0 Å². The SMILES string of the molecule is Fc1cccc(Oc2cccc(C(Oc3cccc(F)c3)Oc3cccc(F)c3)n2)c1. The summed E-state index contributed by atoms with van der Waals surface area (Å²) in [7, 11) is 0. The van der Waals surface area contributed by atoms with Crippen LogP contribution in [0.25, 0.3) is 0 Å². The van der Waals surface area contributed by atoms with Crippen molar-refractivity contribution in [1.82, 2.24) is 4.98 Å². The highest BCUT2D eigenvalue weighted by molar-refractivity contribution is 5.30. The molecule has 0 aliphatic rings. The van der Waals surface area contributed by atoms with Crippen LogP contribution in [-0.2, 0) is 0 Å². The van der Waals surface area contributed by atoms with E-state index in [4.69, 9.17) is 14.2 Å². The zero-order valence-electron chi connectivity index (χ0n) is 16.0. The lowest BCUT2D eigenvalue weighted by Crippen LogP contribution is -2.17. The van der Waals surface area contributed by atoms with Crippen LogP contribution in [-0.4, -0.2) is 4.98 Å². The Morgan fingerprint density at radius 3 is 1.61 bits per heavy atom. The van der Waals surface area contributed by atoms with Gasteiger partial charge in [0.15, 0.2) is 0 Å². The molecule has 31 heavy (non-hydrogen) atoms. The second-order valence-electron chi connectivity index (χ2n) is 6.44. The molecule has 1 aromatic heterocycles. The molecule has 0 bridgehead atoms. The van der Waals surface area contributed by atoms with E-state index in [1.165, 1.54) is 54.6 Å². The normalized spacial score (nSPS) is 10.7. The predicted octanol–water partition coefficient (Wildman–Crippen LogP) is 6.45.